The van der Waals surface area contributed by atoms with Crippen LogP contribution in [0.4, 0.5) is 5.69 Å². The molecule has 1 aromatic heterocycles. The number of rotatable bonds is 4. The maximum absolute atomic E-state index is 10.7. The summed E-state index contributed by atoms with van der Waals surface area (Å²) >= 11 is 6.05. The van der Waals surface area contributed by atoms with Crippen molar-refractivity contribution in [2.75, 3.05) is 7.11 Å². The van der Waals surface area contributed by atoms with Crippen LogP contribution in [0.25, 0.3) is 22.8 Å². The number of nitro benzene ring substituents is 1. The van der Waals surface area contributed by atoms with Crippen LogP contribution < -0.4 is 4.74 Å². The molecule has 0 aliphatic rings. The van der Waals surface area contributed by atoms with Crippen LogP contribution >= 0.6 is 11.6 Å². The van der Waals surface area contributed by atoms with Gasteiger partial charge in [0.1, 0.15) is 5.75 Å². The molecule has 2 aromatic carbocycles. The van der Waals surface area contributed by atoms with Crippen molar-refractivity contribution >= 4 is 17.3 Å². The molecule has 0 N–H and O–H groups in total. The first-order valence-corrected chi connectivity index (χ1v) is 6.88. The molecule has 8 heteroatoms. The average Bonchev–Trinajstić information content (AvgIpc) is 3.04. The summed E-state index contributed by atoms with van der Waals surface area (Å²) in [5, 5.41) is 14.8. The van der Waals surface area contributed by atoms with Gasteiger partial charge in [-0.1, -0.05) is 16.8 Å². The predicted octanol–water partition coefficient (Wildman–Crippen LogP) is 3.97. The quantitative estimate of drug-likeness (QED) is 0.530. The van der Waals surface area contributed by atoms with Crippen LogP contribution in [0.1, 0.15) is 0 Å². The summed E-state index contributed by atoms with van der Waals surface area (Å²) in [5.74, 6) is 1.30. The highest BCUT2D eigenvalue weighted by Gasteiger charge is 2.16. The molecular weight excluding hydrogens is 322 g/mol. The van der Waals surface area contributed by atoms with Crippen molar-refractivity contribution in [1.29, 1.82) is 0 Å². The van der Waals surface area contributed by atoms with E-state index in [-0.39, 0.29) is 16.6 Å². The molecule has 0 fully saturated rings. The lowest BCUT2D eigenvalue weighted by Crippen LogP contribution is -1.89. The van der Waals surface area contributed by atoms with E-state index in [0.29, 0.717) is 11.4 Å². The van der Waals surface area contributed by atoms with E-state index in [4.69, 9.17) is 20.9 Å². The van der Waals surface area contributed by atoms with Gasteiger partial charge in [-0.05, 0) is 30.3 Å². The first kappa shape index (κ1) is 15.0. The number of benzene rings is 2. The molecule has 116 valence electrons. The van der Waals surface area contributed by atoms with Crippen LogP contribution in [0.5, 0.6) is 5.75 Å². The summed E-state index contributed by atoms with van der Waals surface area (Å²) in [6.45, 7) is 0. The van der Waals surface area contributed by atoms with Crippen molar-refractivity contribution in [2.45, 2.75) is 0 Å². The number of ether oxygens (including phenoxy) is 1. The molecule has 1 heterocycles. The highest BCUT2D eigenvalue weighted by molar-refractivity contribution is 6.33. The fourth-order valence-corrected chi connectivity index (χ4v) is 2.24. The Morgan fingerprint density at radius 2 is 1.96 bits per heavy atom. The van der Waals surface area contributed by atoms with E-state index in [2.05, 4.69) is 10.1 Å². The standard InChI is InChI=1S/C15H10ClN3O4/c1-22-11-5-2-9(3-6-11)14-17-15(23-18-14)12-7-4-10(19(20)21)8-13(12)16/h2-8H,1H3. The SMILES string of the molecule is COc1ccc(-c2noc(-c3ccc([N+](=O)[O-])cc3Cl)n2)cc1. The van der Waals surface area contributed by atoms with Gasteiger partial charge in [-0.2, -0.15) is 4.98 Å². The van der Waals surface area contributed by atoms with Crippen molar-refractivity contribution in [3.8, 4) is 28.6 Å². The van der Waals surface area contributed by atoms with E-state index < -0.39 is 4.92 Å². The molecule has 23 heavy (non-hydrogen) atoms. The Labute approximate surface area is 135 Å². The number of non-ortho nitro benzene ring substituents is 1. The molecule has 3 aromatic rings. The molecule has 0 aliphatic carbocycles. The molecule has 0 bridgehead atoms. The van der Waals surface area contributed by atoms with Crippen LogP contribution in [0, 0.1) is 10.1 Å². The lowest BCUT2D eigenvalue weighted by atomic mass is 10.2. The van der Waals surface area contributed by atoms with Gasteiger partial charge in [-0.15, -0.1) is 0 Å². The minimum atomic E-state index is -0.522. The van der Waals surface area contributed by atoms with Crippen LogP contribution in [0.3, 0.4) is 0 Å². The Hall–Kier alpha value is -2.93. The Morgan fingerprint density at radius 3 is 2.57 bits per heavy atom. The van der Waals surface area contributed by atoms with Crippen LogP contribution in [-0.4, -0.2) is 22.2 Å². The third-order valence-electron chi connectivity index (χ3n) is 3.17. The second-order valence-corrected chi connectivity index (χ2v) is 4.98. The molecule has 0 unspecified atom stereocenters. The fraction of sp³-hybridized carbons (Fsp3) is 0.0667. The minimum absolute atomic E-state index is 0.103. The first-order chi connectivity index (χ1) is 11.1. The van der Waals surface area contributed by atoms with Gasteiger partial charge in [0.05, 0.1) is 22.6 Å². The van der Waals surface area contributed by atoms with Gasteiger partial charge in [-0.25, -0.2) is 0 Å². The predicted molar refractivity (Wildman–Crippen MR) is 83.4 cm³/mol. The first-order valence-electron chi connectivity index (χ1n) is 6.51. The molecule has 0 aliphatic heterocycles. The van der Waals surface area contributed by atoms with Gasteiger partial charge in [-0.3, -0.25) is 10.1 Å². The van der Waals surface area contributed by atoms with Gasteiger partial charge >= 0.3 is 0 Å². The fourth-order valence-electron chi connectivity index (χ4n) is 1.98. The zero-order valence-corrected chi connectivity index (χ0v) is 12.6. The average molecular weight is 332 g/mol. The van der Waals surface area contributed by atoms with E-state index in [9.17, 15) is 10.1 Å². The summed E-state index contributed by atoms with van der Waals surface area (Å²) in [4.78, 5) is 14.5. The largest absolute Gasteiger partial charge is 0.497 e. The third-order valence-corrected chi connectivity index (χ3v) is 3.48. The summed E-state index contributed by atoms with van der Waals surface area (Å²) in [6, 6.07) is 11.2. The van der Waals surface area contributed by atoms with Gasteiger partial charge in [0, 0.05) is 17.7 Å². The number of methoxy groups -OCH3 is 1. The van der Waals surface area contributed by atoms with Crippen LogP contribution in [0.2, 0.25) is 5.02 Å². The van der Waals surface area contributed by atoms with Crippen LogP contribution in [-0.2, 0) is 0 Å². The summed E-state index contributed by atoms with van der Waals surface area (Å²) in [5.41, 5.74) is 1.08. The van der Waals surface area contributed by atoms with Gasteiger partial charge < -0.3 is 9.26 Å². The number of hydrogen-bond donors (Lipinski definition) is 0. The van der Waals surface area contributed by atoms with Crippen molar-refractivity contribution in [2.24, 2.45) is 0 Å². The van der Waals surface area contributed by atoms with Gasteiger partial charge in [0.15, 0.2) is 0 Å². The zero-order valence-electron chi connectivity index (χ0n) is 11.9. The van der Waals surface area contributed by atoms with Crippen molar-refractivity contribution < 1.29 is 14.2 Å². The molecule has 0 spiro atoms. The Bertz CT molecular complexity index is 861. The number of halogens is 1. The smallest absolute Gasteiger partial charge is 0.270 e. The Kier molecular flexibility index (Phi) is 3.94. The highest BCUT2D eigenvalue weighted by Crippen LogP contribution is 2.31. The summed E-state index contributed by atoms with van der Waals surface area (Å²) in [7, 11) is 1.58. The monoisotopic (exact) mass is 331 g/mol. The molecule has 3 rings (SSSR count). The molecule has 7 nitrogen and oxygen atoms in total. The van der Waals surface area contributed by atoms with E-state index >= 15 is 0 Å². The second-order valence-electron chi connectivity index (χ2n) is 4.57. The minimum Gasteiger partial charge on any atom is -0.497 e. The normalized spacial score (nSPS) is 10.5. The molecule has 0 atom stereocenters. The zero-order chi connectivity index (χ0) is 16.4. The molecule has 0 radical (unpaired) electrons. The number of nitro groups is 1. The maximum Gasteiger partial charge on any atom is 0.270 e. The van der Waals surface area contributed by atoms with Crippen molar-refractivity contribution in [3.63, 3.8) is 0 Å². The lowest BCUT2D eigenvalue weighted by Gasteiger charge is -1.99. The van der Waals surface area contributed by atoms with E-state index in [1.165, 1.54) is 18.2 Å². The van der Waals surface area contributed by atoms with E-state index in [0.717, 1.165) is 11.3 Å². The summed E-state index contributed by atoms with van der Waals surface area (Å²) in [6.07, 6.45) is 0. The molecule has 0 saturated carbocycles. The van der Waals surface area contributed by atoms with Gasteiger partial charge in [0.2, 0.25) is 5.82 Å². The third kappa shape index (κ3) is 3.00. The summed E-state index contributed by atoms with van der Waals surface area (Å²) < 4.78 is 10.3. The molecule has 0 saturated heterocycles. The highest BCUT2D eigenvalue weighted by atomic mass is 35.5. The Morgan fingerprint density at radius 1 is 1.22 bits per heavy atom. The number of aromatic nitrogens is 2. The lowest BCUT2D eigenvalue weighted by molar-refractivity contribution is -0.384. The van der Waals surface area contributed by atoms with Crippen LogP contribution in [0.15, 0.2) is 47.0 Å². The van der Waals surface area contributed by atoms with E-state index in [1.54, 1.807) is 31.4 Å². The topological polar surface area (TPSA) is 91.3 Å². The number of hydrogen-bond acceptors (Lipinski definition) is 6. The van der Waals surface area contributed by atoms with E-state index in [1.807, 2.05) is 0 Å². The maximum atomic E-state index is 10.7. The molecular formula is C15H10ClN3O4. The van der Waals surface area contributed by atoms with Gasteiger partial charge in [0.25, 0.3) is 11.6 Å². The number of nitrogens with zero attached hydrogens (tertiary/aromatic N) is 3. The second kappa shape index (κ2) is 6.05. The Balaban J connectivity index is 1.93. The molecule has 0 amide bonds. The van der Waals surface area contributed by atoms with Crippen molar-refractivity contribution in [1.82, 2.24) is 10.1 Å². The van der Waals surface area contributed by atoms with Crippen molar-refractivity contribution in [3.05, 3.63) is 57.6 Å².